The minimum Gasteiger partial charge on any atom is -0.490 e. The highest BCUT2D eigenvalue weighted by atomic mass is 16.6. The molecule has 1 saturated carbocycles. The first-order valence-electron chi connectivity index (χ1n) is 9.32. The first-order chi connectivity index (χ1) is 12.6. The lowest BCUT2D eigenvalue weighted by Gasteiger charge is -2.29. The summed E-state index contributed by atoms with van der Waals surface area (Å²) in [6.45, 7) is 7.23. The Morgan fingerprint density at radius 2 is 1.69 bits per heavy atom. The number of rotatable bonds is 9. The molecule has 1 fully saturated rings. The van der Waals surface area contributed by atoms with Crippen LogP contribution in [0, 0.1) is 13.8 Å². The second-order valence-electron chi connectivity index (χ2n) is 6.59. The molecule has 2 rings (SSSR count). The largest absolute Gasteiger partial charge is 0.490 e. The average Bonchev–Trinajstić information content (AvgIpc) is 2.63. The Balaban J connectivity index is 1.84. The molecule has 0 heterocycles. The zero-order valence-corrected chi connectivity index (χ0v) is 16.4. The third kappa shape index (κ3) is 6.37. The van der Waals surface area contributed by atoms with Gasteiger partial charge in [-0.25, -0.2) is 0 Å². The van der Waals surface area contributed by atoms with E-state index in [-0.39, 0.29) is 12.2 Å². The minimum atomic E-state index is 0.245. The van der Waals surface area contributed by atoms with E-state index < -0.39 is 0 Å². The van der Waals surface area contributed by atoms with Crippen molar-refractivity contribution in [3.8, 4) is 11.5 Å². The van der Waals surface area contributed by atoms with Gasteiger partial charge in [-0.2, -0.15) is 0 Å². The molecule has 0 saturated heterocycles. The molecule has 0 aromatic heterocycles. The lowest BCUT2D eigenvalue weighted by molar-refractivity contribution is 0.0203. The minimum absolute atomic E-state index is 0.245. The molecule has 0 atom stereocenters. The first-order valence-corrected chi connectivity index (χ1v) is 9.32. The van der Waals surface area contributed by atoms with Crippen molar-refractivity contribution < 1.29 is 19.0 Å². The summed E-state index contributed by atoms with van der Waals surface area (Å²) in [5.74, 6) is 1.88. The van der Waals surface area contributed by atoms with Crippen molar-refractivity contribution in [2.24, 2.45) is 5.16 Å². The van der Waals surface area contributed by atoms with Crippen molar-refractivity contribution in [2.75, 3.05) is 20.3 Å². The summed E-state index contributed by atoms with van der Waals surface area (Å²) in [4.78, 5) is 4.63. The summed E-state index contributed by atoms with van der Waals surface area (Å²) in [6, 6.07) is 4.10. The van der Waals surface area contributed by atoms with E-state index in [9.17, 15) is 0 Å². The second kappa shape index (κ2) is 10.9. The normalized spacial score (nSPS) is 20.6. The van der Waals surface area contributed by atoms with E-state index in [0.29, 0.717) is 13.2 Å². The van der Waals surface area contributed by atoms with E-state index in [1.807, 2.05) is 19.1 Å². The fourth-order valence-electron chi connectivity index (χ4n) is 3.19. The molecule has 1 aliphatic rings. The molecule has 1 aromatic carbocycles. The Bertz CT molecular complexity index is 581. The third-order valence-electron chi connectivity index (χ3n) is 4.51. The van der Waals surface area contributed by atoms with Gasteiger partial charge in [-0.3, -0.25) is 0 Å². The number of hydrogen-bond donors (Lipinski definition) is 0. The van der Waals surface area contributed by atoms with Gasteiger partial charge in [-0.05, 0) is 69.7 Å². The first kappa shape index (κ1) is 20.3. The van der Waals surface area contributed by atoms with Crippen LogP contribution in [0.3, 0.4) is 0 Å². The van der Waals surface area contributed by atoms with E-state index in [1.165, 1.54) is 7.11 Å². The summed E-state index contributed by atoms with van der Waals surface area (Å²) in [5, 5.41) is 3.69. The predicted molar refractivity (Wildman–Crippen MR) is 104 cm³/mol. The van der Waals surface area contributed by atoms with E-state index >= 15 is 0 Å². The number of allylic oxidation sites excluding steroid dienone is 1. The van der Waals surface area contributed by atoms with Crippen LogP contribution >= 0.6 is 0 Å². The summed E-state index contributed by atoms with van der Waals surface area (Å²) in [7, 11) is 1.53. The van der Waals surface area contributed by atoms with Gasteiger partial charge >= 0.3 is 0 Å². The standard InChI is InChI=1S/C21H31NO4/c1-5-6-12-24-20-14-16(2)21(17(3)15-20)26-19-9-7-18(8-10-19)25-13-11-22-23-4/h5-6,11,14-15,18-19H,7-10,12-13H2,1-4H3/b6-5+,22-11?. The predicted octanol–water partition coefficient (Wildman–Crippen LogP) is 4.60. The van der Waals surface area contributed by atoms with Gasteiger partial charge in [0.25, 0.3) is 0 Å². The van der Waals surface area contributed by atoms with Crippen LogP contribution < -0.4 is 9.47 Å². The Hall–Kier alpha value is -2.01. The van der Waals surface area contributed by atoms with Gasteiger partial charge in [0, 0.05) is 0 Å². The van der Waals surface area contributed by atoms with Crippen LogP contribution in [0.1, 0.15) is 43.7 Å². The molecular formula is C21H31NO4. The summed E-state index contributed by atoms with van der Waals surface area (Å²) < 4.78 is 17.8. The van der Waals surface area contributed by atoms with Crippen LogP contribution in [-0.4, -0.2) is 38.7 Å². The molecule has 5 nitrogen and oxygen atoms in total. The van der Waals surface area contributed by atoms with Crippen LogP contribution in [0.25, 0.3) is 0 Å². The highest BCUT2D eigenvalue weighted by Gasteiger charge is 2.23. The molecule has 5 heteroatoms. The zero-order valence-electron chi connectivity index (χ0n) is 16.4. The van der Waals surface area contributed by atoms with Crippen molar-refractivity contribution in [2.45, 2.75) is 58.7 Å². The summed E-state index contributed by atoms with van der Waals surface area (Å²) in [5.41, 5.74) is 2.24. The third-order valence-corrected chi connectivity index (χ3v) is 4.51. The van der Waals surface area contributed by atoms with Crippen LogP contribution in [-0.2, 0) is 9.57 Å². The quantitative estimate of drug-likeness (QED) is 0.366. The number of ether oxygens (including phenoxy) is 3. The smallest absolute Gasteiger partial charge is 0.125 e. The van der Waals surface area contributed by atoms with Gasteiger partial charge in [0.1, 0.15) is 25.2 Å². The van der Waals surface area contributed by atoms with E-state index in [2.05, 4.69) is 36.0 Å². The summed E-state index contributed by atoms with van der Waals surface area (Å²) >= 11 is 0. The van der Waals surface area contributed by atoms with Crippen LogP contribution in [0.4, 0.5) is 0 Å². The molecule has 0 radical (unpaired) electrons. The molecular weight excluding hydrogens is 330 g/mol. The topological polar surface area (TPSA) is 49.3 Å². The highest BCUT2D eigenvalue weighted by Crippen LogP contribution is 2.32. The molecule has 0 N–H and O–H groups in total. The fraction of sp³-hybridized carbons (Fsp3) is 0.571. The van der Waals surface area contributed by atoms with Gasteiger partial charge in [-0.1, -0.05) is 17.3 Å². The molecule has 26 heavy (non-hydrogen) atoms. The molecule has 0 aliphatic heterocycles. The highest BCUT2D eigenvalue weighted by molar-refractivity contribution is 5.57. The van der Waals surface area contributed by atoms with Gasteiger partial charge in [-0.15, -0.1) is 0 Å². The van der Waals surface area contributed by atoms with E-state index in [1.54, 1.807) is 6.21 Å². The number of aryl methyl sites for hydroxylation is 2. The van der Waals surface area contributed by atoms with Crippen molar-refractivity contribution >= 4 is 6.21 Å². The Kier molecular flexibility index (Phi) is 8.48. The molecule has 0 amide bonds. The maximum absolute atomic E-state index is 6.32. The van der Waals surface area contributed by atoms with Crippen LogP contribution in [0.2, 0.25) is 0 Å². The molecule has 0 bridgehead atoms. The SMILES string of the molecule is C/C=C/COc1cc(C)c(OC2CCC(OCC=NOC)CC2)c(C)c1. The van der Waals surface area contributed by atoms with Gasteiger partial charge in [0.05, 0.1) is 25.0 Å². The monoisotopic (exact) mass is 361 g/mol. The second-order valence-corrected chi connectivity index (χ2v) is 6.59. The maximum Gasteiger partial charge on any atom is 0.125 e. The van der Waals surface area contributed by atoms with E-state index in [4.69, 9.17) is 14.2 Å². The van der Waals surface area contributed by atoms with Crippen LogP contribution in [0.15, 0.2) is 29.4 Å². The zero-order chi connectivity index (χ0) is 18.8. The molecule has 1 aromatic rings. The van der Waals surface area contributed by atoms with Gasteiger partial charge in [0.15, 0.2) is 0 Å². The molecule has 0 unspecified atom stereocenters. The van der Waals surface area contributed by atoms with E-state index in [0.717, 1.165) is 48.3 Å². The van der Waals surface area contributed by atoms with Crippen molar-refractivity contribution in [3.63, 3.8) is 0 Å². The van der Waals surface area contributed by atoms with Gasteiger partial charge in [0.2, 0.25) is 0 Å². The number of hydrogen-bond acceptors (Lipinski definition) is 5. The number of benzene rings is 1. The Labute approximate surface area is 157 Å². The number of nitrogens with zero attached hydrogens (tertiary/aromatic N) is 1. The van der Waals surface area contributed by atoms with Crippen LogP contribution in [0.5, 0.6) is 11.5 Å². The Morgan fingerprint density at radius 1 is 1.04 bits per heavy atom. The average molecular weight is 361 g/mol. The molecule has 1 aliphatic carbocycles. The maximum atomic E-state index is 6.32. The van der Waals surface area contributed by atoms with Gasteiger partial charge < -0.3 is 19.0 Å². The Morgan fingerprint density at radius 3 is 2.31 bits per heavy atom. The van der Waals surface area contributed by atoms with Crippen molar-refractivity contribution in [1.29, 1.82) is 0 Å². The molecule has 0 spiro atoms. The summed E-state index contributed by atoms with van der Waals surface area (Å²) in [6.07, 6.45) is 10.2. The van der Waals surface area contributed by atoms with Crippen molar-refractivity contribution in [3.05, 3.63) is 35.4 Å². The number of oxime groups is 1. The fourth-order valence-corrected chi connectivity index (χ4v) is 3.19. The lowest BCUT2D eigenvalue weighted by atomic mass is 9.94. The van der Waals surface area contributed by atoms with Crippen molar-refractivity contribution in [1.82, 2.24) is 0 Å². The molecule has 144 valence electrons. The lowest BCUT2D eigenvalue weighted by Crippen LogP contribution is -2.29.